The molecule has 23 heavy (non-hydrogen) atoms. The lowest BCUT2D eigenvalue weighted by Crippen LogP contribution is -2.14. The SMILES string of the molecule is CCCCCC=CC[C@@H]1C=CC(=O)[C@@H]1CC=CCCCC(=O)O. The van der Waals surface area contributed by atoms with Gasteiger partial charge >= 0.3 is 5.97 Å². The topological polar surface area (TPSA) is 54.4 Å². The second-order valence-electron chi connectivity index (χ2n) is 6.23. The Labute approximate surface area is 140 Å². The molecule has 1 aliphatic carbocycles. The van der Waals surface area contributed by atoms with Gasteiger partial charge in [-0.15, -0.1) is 0 Å². The van der Waals surface area contributed by atoms with Gasteiger partial charge in [-0.25, -0.2) is 0 Å². The minimum Gasteiger partial charge on any atom is -0.481 e. The van der Waals surface area contributed by atoms with Crippen LogP contribution in [0.1, 0.15) is 64.7 Å². The quantitative estimate of drug-likeness (QED) is 0.403. The van der Waals surface area contributed by atoms with Gasteiger partial charge in [-0.2, -0.15) is 0 Å². The highest BCUT2D eigenvalue weighted by Gasteiger charge is 2.27. The van der Waals surface area contributed by atoms with Crippen LogP contribution in [0.4, 0.5) is 0 Å². The molecule has 128 valence electrons. The lowest BCUT2D eigenvalue weighted by molar-refractivity contribution is -0.137. The molecule has 0 saturated heterocycles. The Morgan fingerprint density at radius 3 is 2.48 bits per heavy atom. The zero-order valence-electron chi connectivity index (χ0n) is 14.2. The van der Waals surface area contributed by atoms with E-state index < -0.39 is 5.97 Å². The molecule has 3 heteroatoms. The van der Waals surface area contributed by atoms with Crippen LogP contribution in [-0.4, -0.2) is 16.9 Å². The van der Waals surface area contributed by atoms with Crippen molar-refractivity contribution in [3.05, 3.63) is 36.5 Å². The molecule has 0 aliphatic heterocycles. The molecule has 0 saturated carbocycles. The van der Waals surface area contributed by atoms with Crippen molar-refractivity contribution in [3.8, 4) is 0 Å². The largest absolute Gasteiger partial charge is 0.481 e. The fourth-order valence-corrected chi connectivity index (χ4v) is 2.84. The molecule has 2 atom stereocenters. The lowest BCUT2D eigenvalue weighted by Gasteiger charge is -2.14. The highest BCUT2D eigenvalue weighted by Crippen LogP contribution is 2.29. The minimum atomic E-state index is -0.751. The van der Waals surface area contributed by atoms with E-state index in [1.165, 1.54) is 19.3 Å². The Hall–Kier alpha value is -1.64. The first-order valence-electron chi connectivity index (χ1n) is 8.89. The van der Waals surface area contributed by atoms with Crippen LogP contribution in [0.5, 0.6) is 0 Å². The third-order valence-corrected chi connectivity index (χ3v) is 4.26. The molecule has 0 fully saturated rings. The Bertz CT molecular complexity index is 446. The van der Waals surface area contributed by atoms with Crippen LogP contribution in [0.25, 0.3) is 0 Å². The number of allylic oxidation sites excluding steroid dienone is 6. The zero-order valence-corrected chi connectivity index (χ0v) is 14.2. The van der Waals surface area contributed by atoms with Crippen molar-refractivity contribution in [2.75, 3.05) is 0 Å². The average Bonchev–Trinajstić information content (AvgIpc) is 2.86. The van der Waals surface area contributed by atoms with Crippen molar-refractivity contribution >= 4 is 11.8 Å². The molecule has 0 aromatic rings. The van der Waals surface area contributed by atoms with Crippen LogP contribution in [0.3, 0.4) is 0 Å². The van der Waals surface area contributed by atoms with Crippen molar-refractivity contribution in [1.82, 2.24) is 0 Å². The highest BCUT2D eigenvalue weighted by molar-refractivity contribution is 5.94. The van der Waals surface area contributed by atoms with E-state index in [9.17, 15) is 9.59 Å². The van der Waals surface area contributed by atoms with Crippen molar-refractivity contribution in [2.24, 2.45) is 11.8 Å². The van der Waals surface area contributed by atoms with Crippen LogP contribution in [0.2, 0.25) is 0 Å². The third kappa shape index (κ3) is 8.53. The number of carbonyl (C=O) groups is 2. The van der Waals surface area contributed by atoms with Crippen LogP contribution in [-0.2, 0) is 9.59 Å². The number of unbranched alkanes of at least 4 members (excludes halogenated alkanes) is 4. The first-order valence-corrected chi connectivity index (χ1v) is 8.89. The van der Waals surface area contributed by atoms with E-state index in [1.54, 1.807) is 6.08 Å². The maximum absolute atomic E-state index is 11.9. The van der Waals surface area contributed by atoms with Crippen LogP contribution in [0.15, 0.2) is 36.5 Å². The Kier molecular flexibility index (Phi) is 10.0. The van der Waals surface area contributed by atoms with E-state index >= 15 is 0 Å². The molecule has 0 bridgehead atoms. The van der Waals surface area contributed by atoms with Crippen LogP contribution < -0.4 is 0 Å². The van der Waals surface area contributed by atoms with Gasteiger partial charge < -0.3 is 5.11 Å². The normalized spacial score (nSPS) is 21.0. The van der Waals surface area contributed by atoms with Crippen molar-refractivity contribution in [3.63, 3.8) is 0 Å². The first-order chi connectivity index (χ1) is 11.1. The van der Waals surface area contributed by atoms with E-state index in [0.29, 0.717) is 12.3 Å². The second-order valence-corrected chi connectivity index (χ2v) is 6.23. The zero-order chi connectivity index (χ0) is 16.9. The number of carbonyl (C=O) groups excluding carboxylic acids is 1. The molecule has 0 aromatic carbocycles. The Morgan fingerprint density at radius 1 is 1.09 bits per heavy atom. The fourth-order valence-electron chi connectivity index (χ4n) is 2.84. The van der Waals surface area contributed by atoms with E-state index in [2.05, 4.69) is 19.1 Å². The van der Waals surface area contributed by atoms with Crippen LogP contribution in [0, 0.1) is 11.8 Å². The van der Waals surface area contributed by atoms with E-state index in [1.807, 2.05) is 18.2 Å². The maximum Gasteiger partial charge on any atom is 0.303 e. The molecule has 3 nitrogen and oxygen atoms in total. The number of carboxylic acid groups (broad SMARTS) is 1. The van der Waals surface area contributed by atoms with Gasteiger partial charge in [-0.3, -0.25) is 9.59 Å². The first kappa shape index (κ1) is 19.4. The minimum absolute atomic E-state index is 0.0611. The molecule has 0 aromatic heterocycles. The lowest BCUT2D eigenvalue weighted by atomic mass is 9.88. The summed E-state index contributed by atoms with van der Waals surface area (Å²) in [5.41, 5.74) is 0. The predicted octanol–water partition coefficient (Wildman–Crippen LogP) is 5.09. The van der Waals surface area contributed by atoms with Gasteiger partial charge in [0, 0.05) is 12.3 Å². The number of carboxylic acids is 1. The molecule has 1 aliphatic rings. The summed E-state index contributed by atoms with van der Waals surface area (Å²) < 4.78 is 0. The second kappa shape index (κ2) is 11.9. The number of rotatable bonds is 12. The van der Waals surface area contributed by atoms with Gasteiger partial charge in [0.15, 0.2) is 5.78 Å². The summed E-state index contributed by atoms with van der Waals surface area (Å²) in [5.74, 6) is -0.150. The van der Waals surface area contributed by atoms with Crippen molar-refractivity contribution in [1.29, 1.82) is 0 Å². The number of hydrogen-bond donors (Lipinski definition) is 1. The van der Waals surface area contributed by atoms with Gasteiger partial charge in [0.05, 0.1) is 0 Å². The molecular formula is C20H30O3. The number of hydrogen-bond acceptors (Lipinski definition) is 2. The van der Waals surface area contributed by atoms with Gasteiger partial charge in [0.25, 0.3) is 0 Å². The van der Waals surface area contributed by atoms with E-state index in [0.717, 1.165) is 25.7 Å². The highest BCUT2D eigenvalue weighted by atomic mass is 16.4. The summed E-state index contributed by atoms with van der Waals surface area (Å²) in [7, 11) is 0. The summed E-state index contributed by atoms with van der Waals surface area (Å²) >= 11 is 0. The van der Waals surface area contributed by atoms with E-state index in [4.69, 9.17) is 5.11 Å². The molecule has 1 rings (SSSR count). The maximum atomic E-state index is 11.9. The molecule has 0 unspecified atom stereocenters. The fraction of sp³-hybridized carbons (Fsp3) is 0.600. The molecule has 1 N–H and O–H groups in total. The molecule has 0 heterocycles. The smallest absolute Gasteiger partial charge is 0.303 e. The van der Waals surface area contributed by atoms with E-state index in [-0.39, 0.29) is 18.1 Å². The number of ketones is 1. The van der Waals surface area contributed by atoms with Crippen LogP contribution >= 0.6 is 0 Å². The van der Waals surface area contributed by atoms with Gasteiger partial charge in [-0.05, 0) is 50.5 Å². The summed E-state index contributed by atoms with van der Waals surface area (Å²) in [5, 5.41) is 8.58. The van der Waals surface area contributed by atoms with Crippen molar-refractivity contribution in [2.45, 2.75) is 64.7 Å². The Morgan fingerprint density at radius 2 is 1.78 bits per heavy atom. The summed E-state index contributed by atoms with van der Waals surface area (Å²) in [6.07, 6.45) is 20.5. The van der Waals surface area contributed by atoms with Gasteiger partial charge in [0.2, 0.25) is 0 Å². The summed E-state index contributed by atoms with van der Waals surface area (Å²) in [6.45, 7) is 2.21. The number of aliphatic carboxylic acids is 1. The monoisotopic (exact) mass is 318 g/mol. The van der Waals surface area contributed by atoms with Gasteiger partial charge in [0.1, 0.15) is 0 Å². The predicted molar refractivity (Wildman–Crippen MR) is 94.3 cm³/mol. The summed E-state index contributed by atoms with van der Waals surface area (Å²) in [6, 6.07) is 0. The molecule has 0 spiro atoms. The molecule has 0 radical (unpaired) electrons. The standard InChI is InChI=1S/C20H30O3/c1-2-3-4-5-6-9-12-17-15-16-19(21)18(17)13-10-7-8-11-14-20(22)23/h6-7,9-10,15-18H,2-5,8,11-14H2,1H3,(H,22,23)/t17-,18-/m1/s1. The van der Waals surface area contributed by atoms with Crippen molar-refractivity contribution < 1.29 is 14.7 Å². The van der Waals surface area contributed by atoms with Gasteiger partial charge in [-0.1, -0.05) is 50.1 Å². The third-order valence-electron chi connectivity index (χ3n) is 4.26. The molecule has 0 amide bonds. The average molecular weight is 318 g/mol. The Balaban J connectivity index is 2.27. The molecular weight excluding hydrogens is 288 g/mol. The summed E-state index contributed by atoms with van der Waals surface area (Å²) in [4.78, 5) is 22.4.